The van der Waals surface area contributed by atoms with Gasteiger partial charge in [0, 0.05) is 0 Å². The molecule has 8 heavy (non-hydrogen) atoms. The summed E-state index contributed by atoms with van der Waals surface area (Å²) < 4.78 is 1.54. The molecule has 2 N–H and O–H groups in total. The second-order valence-corrected chi connectivity index (χ2v) is 1.49. The summed E-state index contributed by atoms with van der Waals surface area (Å²) in [6.45, 7) is 2.61. The number of hydrogen-bond acceptors (Lipinski definition) is 1. The fourth-order valence-corrected chi connectivity index (χ4v) is 0.537. The smallest absolute Gasteiger partial charge is 0.217 e. The van der Waals surface area contributed by atoms with Gasteiger partial charge in [0.25, 0.3) is 6.33 Å². The van der Waals surface area contributed by atoms with Crippen molar-refractivity contribution in [1.29, 1.82) is 0 Å². The van der Waals surface area contributed by atoms with E-state index in [0.29, 0.717) is 6.54 Å². The predicted molar refractivity (Wildman–Crippen MR) is 27.3 cm³/mol. The summed E-state index contributed by atoms with van der Waals surface area (Å²) in [7, 11) is 0. The van der Waals surface area contributed by atoms with Gasteiger partial charge < -0.3 is 0 Å². The number of aromatic nitrogens is 3. The summed E-state index contributed by atoms with van der Waals surface area (Å²) in [6, 6.07) is 0. The van der Waals surface area contributed by atoms with Crippen molar-refractivity contribution in [2.24, 2.45) is 0 Å². The molecule has 0 atom stereocenters. The van der Waals surface area contributed by atoms with Crippen LogP contribution in [0.1, 0.15) is 6.92 Å². The van der Waals surface area contributed by atoms with Crippen molar-refractivity contribution in [3.8, 4) is 0 Å². The molecule has 0 unspecified atom stereocenters. The SMILES string of the molecule is CCn1c[nH+][nH]c1=O. The maximum Gasteiger partial charge on any atom is 0.443 e. The van der Waals surface area contributed by atoms with Crippen molar-refractivity contribution in [3.05, 3.63) is 16.8 Å². The number of aromatic amines is 2. The van der Waals surface area contributed by atoms with Crippen LogP contribution in [0.15, 0.2) is 11.1 Å². The largest absolute Gasteiger partial charge is 0.443 e. The summed E-state index contributed by atoms with van der Waals surface area (Å²) in [4.78, 5) is 10.5. The Balaban J connectivity index is 3.11. The number of H-pyrrole nitrogens is 2. The van der Waals surface area contributed by atoms with E-state index in [1.165, 1.54) is 0 Å². The van der Waals surface area contributed by atoms with Gasteiger partial charge >= 0.3 is 5.69 Å². The molecule has 1 aromatic heterocycles. The van der Waals surface area contributed by atoms with Crippen molar-refractivity contribution < 1.29 is 5.10 Å². The van der Waals surface area contributed by atoms with Crippen LogP contribution in [0.25, 0.3) is 0 Å². The van der Waals surface area contributed by atoms with Crippen LogP contribution in [0.5, 0.6) is 0 Å². The topological polar surface area (TPSA) is 51.9 Å². The molecule has 0 aromatic carbocycles. The molecule has 0 spiro atoms. The minimum atomic E-state index is -0.0903. The lowest BCUT2D eigenvalue weighted by atomic mass is 10.7. The van der Waals surface area contributed by atoms with Crippen molar-refractivity contribution in [3.63, 3.8) is 0 Å². The second kappa shape index (κ2) is 1.81. The van der Waals surface area contributed by atoms with Crippen LogP contribution in [0.3, 0.4) is 0 Å². The lowest BCUT2D eigenvalue weighted by Gasteiger charge is -1.76. The molecule has 0 fully saturated rings. The summed E-state index contributed by atoms with van der Waals surface area (Å²) in [5, 5.41) is 4.98. The standard InChI is InChI=1S/C4H7N3O/c1-2-7-3-5-6-4(7)8/h3H,2H2,1H3,(H,6,8)/p+1. The van der Waals surface area contributed by atoms with E-state index in [4.69, 9.17) is 0 Å². The number of nitrogens with one attached hydrogen (secondary N) is 2. The predicted octanol–water partition coefficient (Wildman–Crippen LogP) is -0.990. The van der Waals surface area contributed by atoms with Gasteiger partial charge in [0.05, 0.1) is 6.54 Å². The second-order valence-electron chi connectivity index (χ2n) is 1.49. The highest BCUT2D eigenvalue weighted by molar-refractivity contribution is 4.53. The zero-order valence-electron chi connectivity index (χ0n) is 4.64. The van der Waals surface area contributed by atoms with Crippen molar-refractivity contribution in [2.45, 2.75) is 13.5 Å². The fourth-order valence-electron chi connectivity index (χ4n) is 0.537. The Kier molecular flexibility index (Phi) is 1.15. The highest BCUT2D eigenvalue weighted by Gasteiger charge is 1.96. The molecule has 1 aromatic rings. The summed E-state index contributed by atoms with van der Waals surface area (Å²) in [5.74, 6) is 0. The molecule has 0 bridgehead atoms. The van der Waals surface area contributed by atoms with E-state index >= 15 is 0 Å². The zero-order chi connectivity index (χ0) is 5.98. The first kappa shape index (κ1) is 5.08. The third kappa shape index (κ3) is 0.641. The third-order valence-electron chi connectivity index (χ3n) is 1.00. The fraction of sp³-hybridized carbons (Fsp3) is 0.500. The first-order valence-corrected chi connectivity index (χ1v) is 2.50. The Morgan fingerprint density at radius 1 is 2.00 bits per heavy atom. The van der Waals surface area contributed by atoms with E-state index < -0.39 is 0 Å². The third-order valence-corrected chi connectivity index (χ3v) is 1.00. The maximum atomic E-state index is 10.5. The van der Waals surface area contributed by atoms with Gasteiger partial charge in [-0.05, 0) is 6.92 Å². The van der Waals surface area contributed by atoms with Crippen molar-refractivity contribution in [2.75, 3.05) is 0 Å². The maximum absolute atomic E-state index is 10.5. The molecule has 0 saturated carbocycles. The van der Waals surface area contributed by atoms with Gasteiger partial charge in [-0.1, -0.05) is 0 Å². The first-order valence-electron chi connectivity index (χ1n) is 2.50. The van der Waals surface area contributed by atoms with Gasteiger partial charge in [-0.15, -0.1) is 0 Å². The molecule has 0 amide bonds. The van der Waals surface area contributed by atoms with Gasteiger partial charge in [0.2, 0.25) is 0 Å². The molecular weight excluding hydrogens is 106 g/mol. The monoisotopic (exact) mass is 114 g/mol. The Labute approximate surface area is 46.1 Å². The Morgan fingerprint density at radius 3 is 3.00 bits per heavy atom. The Morgan fingerprint density at radius 2 is 2.75 bits per heavy atom. The highest BCUT2D eigenvalue weighted by Crippen LogP contribution is 1.65. The lowest BCUT2D eigenvalue weighted by Crippen LogP contribution is -2.15. The van der Waals surface area contributed by atoms with Gasteiger partial charge in [-0.25, -0.2) is 4.79 Å². The minimum Gasteiger partial charge on any atom is -0.217 e. The highest BCUT2D eigenvalue weighted by atomic mass is 16.1. The van der Waals surface area contributed by atoms with Crippen LogP contribution >= 0.6 is 0 Å². The van der Waals surface area contributed by atoms with Crippen LogP contribution in [-0.4, -0.2) is 9.67 Å². The molecule has 0 aliphatic carbocycles. The van der Waals surface area contributed by atoms with Crippen LogP contribution in [0, 0.1) is 0 Å². The van der Waals surface area contributed by atoms with Gasteiger partial charge in [-0.2, -0.15) is 14.8 Å². The van der Waals surface area contributed by atoms with Gasteiger partial charge in [0.1, 0.15) is 0 Å². The quantitative estimate of drug-likeness (QED) is 0.500. The molecule has 0 aliphatic rings. The van der Waals surface area contributed by atoms with E-state index in [1.807, 2.05) is 6.92 Å². The molecule has 4 nitrogen and oxygen atoms in total. The molecular formula is C4H8N3O+. The minimum absolute atomic E-state index is 0.0903. The van der Waals surface area contributed by atoms with Gasteiger partial charge in [-0.3, -0.25) is 0 Å². The van der Waals surface area contributed by atoms with Gasteiger partial charge in [0.15, 0.2) is 0 Å². The van der Waals surface area contributed by atoms with E-state index in [-0.39, 0.29) is 5.69 Å². The van der Waals surface area contributed by atoms with Crippen molar-refractivity contribution >= 4 is 0 Å². The average molecular weight is 114 g/mol. The molecule has 1 heterocycles. The zero-order valence-corrected chi connectivity index (χ0v) is 4.64. The lowest BCUT2D eigenvalue weighted by molar-refractivity contribution is -0.452. The van der Waals surface area contributed by atoms with E-state index in [9.17, 15) is 4.79 Å². The summed E-state index contributed by atoms with van der Waals surface area (Å²) in [5.41, 5.74) is -0.0903. The van der Waals surface area contributed by atoms with E-state index in [1.54, 1.807) is 10.9 Å². The number of rotatable bonds is 1. The van der Waals surface area contributed by atoms with Crippen LogP contribution in [-0.2, 0) is 6.54 Å². The summed E-state index contributed by atoms with van der Waals surface area (Å²) in [6.07, 6.45) is 1.60. The van der Waals surface area contributed by atoms with Crippen LogP contribution in [0.2, 0.25) is 0 Å². The molecule has 0 aliphatic heterocycles. The molecule has 1 rings (SSSR count). The van der Waals surface area contributed by atoms with Crippen LogP contribution in [0.4, 0.5) is 0 Å². The molecule has 4 heteroatoms. The Bertz CT molecular complexity index is 211. The Hall–Kier alpha value is -1.06. The number of hydrogen-bond donors (Lipinski definition) is 1. The number of nitrogens with zero attached hydrogens (tertiary/aromatic N) is 1. The van der Waals surface area contributed by atoms with E-state index in [2.05, 4.69) is 10.2 Å². The van der Waals surface area contributed by atoms with Crippen LogP contribution < -0.4 is 10.8 Å². The average Bonchev–Trinajstić information content (AvgIpc) is 2.14. The molecule has 44 valence electrons. The van der Waals surface area contributed by atoms with E-state index in [0.717, 1.165) is 0 Å². The normalized spacial score (nSPS) is 9.62. The molecule has 0 radical (unpaired) electrons. The van der Waals surface area contributed by atoms with Crippen molar-refractivity contribution in [1.82, 2.24) is 9.67 Å². The first-order chi connectivity index (χ1) is 3.84. The molecule has 0 saturated heterocycles. The summed E-state index contributed by atoms with van der Waals surface area (Å²) >= 11 is 0. The number of aryl methyl sites for hydroxylation is 1.